The minimum atomic E-state index is -0.521. The van der Waals surface area contributed by atoms with Crippen LogP contribution in [0.25, 0.3) is 0 Å². The Labute approximate surface area is 122 Å². The smallest absolute Gasteiger partial charge is 0.141 e. The third kappa shape index (κ3) is 3.03. The number of nitrogens with one attached hydrogen (secondary N) is 1. The highest BCUT2D eigenvalue weighted by molar-refractivity contribution is 5.51. The van der Waals surface area contributed by atoms with Gasteiger partial charge < -0.3 is 5.32 Å². The first-order valence-corrected chi connectivity index (χ1v) is 6.89. The summed E-state index contributed by atoms with van der Waals surface area (Å²) in [5.74, 6) is -0.291. The number of benzene rings is 2. The summed E-state index contributed by atoms with van der Waals surface area (Å²) >= 11 is 0. The van der Waals surface area contributed by atoms with Crippen molar-refractivity contribution < 1.29 is 8.78 Å². The number of hydrogen-bond acceptors (Lipinski definition) is 2. The summed E-state index contributed by atoms with van der Waals surface area (Å²) in [6, 6.07) is 12.7. The zero-order valence-electron chi connectivity index (χ0n) is 11.3. The summed E-state index contributed by atoms with van der Waals surface area (Å²) in [7, 11) is 0. The second-order valence-electron chi connectivity index (χ2n) is 5.32. The highest BCUT2D eigenvalue weighted by atomic mass is 19.1. The van der Waals surface area contributed by atoms with Gasteiger partial charge in [-0.2, -0.15) is 5.26 Å². The van der Waals surface area contributed by atoms with Gasteiger partial charge >= 0.3 is 0 Å². The first kappa shape index (κ1) is 13.6. The van der Waals surface area contributed by atoms with Crippen molar-refractivity contribution >= 4 is 5.69 Å². The van der Waals surface area contributed by atoms with Gasteiger partial charge in [0.05, 0.1) is 11.6 Å². The van der Waals surface area contributed by atoms with Crippen LogP contribution in [0.4, 0.5) is 14.5 Å². The van der Waals surface area contributed by atoms with Crippen LogP contribution < -0.4 is 5.32 Å². The highest BCUT2D eigenvalue weighted by Gasteiger charge is 2.32. The highest BCUT2D eigenvalue weighted by Crippen LogP contribution is 2.43. The van der Waals surface area contributed by atoms with Gasteiger partial charge in [-0.15, -0.1) is 0 Å². The predicted octanol–water partition coefficient (Wildman–Crippen LogP) is 4.40. The zero-order chi connectivity index (χ0) is 14.8. The van der Waals surface area contributed by atoms with Gasteiger partial charge in [0.2, 0.25) is 0 Å². The zero-order valence-corrected chi connectivity index (χ0v) is 11.3. The molecule has 2 aromatic rings. The molecule has 0 saturated heterocycles. The standard InChI is InChI=1S/C17H14F2N2/c18-14-5-3-12(4-6-14)17(11-1-2-11)21-15-7-8-16(19)13(9-15)10-20/h3-9,11,17,21H,1-2H2. The normalized spacial score (nSPS) is 15.3. The van der Waals surface area contributed by atoms with Crippen LogP contribution in [0.15, 0.2) is 42.5 Å². The molecular formula is C17H14F2N2. The van der Waals surface area contributed by atoms with Crippen LogP contribution in [0.1, 0.15) is 30.0 Å². The van der Waals surface area contributed by atoms with Crippen molar-refractivity contribution in [3.05, 3.63) is 65.2 Å². The van der Waals surface area contributed by atoms with E-state index in [0.29, 0.717) is 11.6 Å². The van der Waals surface area contributed by atoms with Gasteiger partial charge in [0, 0.05) is 5.69 Å². The van der Waals surface area contributed by atoms with E-state index in [9.17, 15) is 8.78 Å². The molecule has 0 amide bonds. The third-order valence-corrected chi connectivity index (χ3v) is 3.73. The molecule has 1 unspecified atom stereocenters. The Morgan fingerprint density at radius 3 is 2.43 bits per heavy atom. The quantitative estimate of drug-likeness (QED) is 0.903. The Hall–Kier alpha value is -2.41. The molecule has 0 spiro atoms. The lowest BCUT2D eigenvalue weighted by Gasteiger charge is -2.20. The van der Waals surface area contributed by atoms with E-state index in [4.69, 9.17) is 5.26 Å². The fourth-order valence-electron chi connectivity index (χ4n) is 2.45. The van der Waals surface area contributed by atoms with Gasteiger partial charge in [0.1, 0.15) is 17.7 Å². The van der Waals surface area contributed by atoms with Gasteiger partial charge in [-0.1, -0.05) is 12.1 Å². The van der Waals surface area contributed by atoms with Crippen LogP contribution in [0.3, 0.4) is 0 Å². The van der Waals surface area contributed by atoms with Crippen molar-refractivity contribution in [1.29, 1.82) is 5.26 Å². The molecule has 4 heteroatoms. The Bertz CT molecular complexity index is 685. The molecule has 21 heavy (non-hydrogen) atoms. The largest absolute Gasteiger partial charge is 0.378 e. The summed E-state index contributed by atoms with van der Waals surface area (Å²) in [4.78, 5) is 0. The van der Waals surface area contributed by atoms with E-state index < -0.39 is 5.82 Å². The van der Waals surface area contributed by atoms with Crippen molar-refractivity contribution in [3.63, 3.8) is 0 Å². The number of nitrogens with zero attached hydrogens (tertiary/aromatic N) is 1. The van der Waals surface area contributed by atoms with E-state index >= 15 is 0 Å². The number of nitriles is 1. The molecule has 106 valence electrons. The van der Waals surface area contributed by atoms with E-state index in [0.717, 1.165) is 18.4 Å². The summed E-state index contributed by atoms with van der Waals surface area (Å²) in [5.41, 5.74) is 1.73. The summed E-state index contributed by atoms with van der Waals surface area (Å²) in [6.07, 6.45) is 2.22. The molecule has 1 aliphatic rings. The van der Waals surface area contributed by atoms with E-state index in [-0.39, 0.29) is 17.4 Å². The van der Waals surface area contributed by atoms with Crippen molar-refractivity contribution in [1.82, 2.24) is 0 Å². The lowest BCUT2D eigenvalue weighted by atomic mass is 10.0. The first-order valence-electron chi connectivity index (χ1n) is 6.89. The Morgan fingerprint density at radius 2 is 1.81 bits per heavy atom. The Kier molecular flexibility index (Phi) is 3.57. The number of anilines is 1. The molecule has 3 rings (SSSR count). The minimum absolute atomic E-state index is 0.0219. The Balaban J connectivity index is 1.86. The van der Waals surface area contributed by atoms with Gasteiger partial charge in [-0.05, 0) is 54.7 Å². The van der Waals surface area contributed by atoms with Crippen LogP contribution in [-0.4, -0.2) is 0 Å². The minimum Gasteiger partial charge on any atom is -0.378 e. The van der Waals surface area contributed by atoms with Gasteiger partial charge in [-0.3, -0.25) is 0 Å². The molecule has 0 bridgehead atoms. The van der Waals surface area contributed by atoms with Crippen LogP contribution in [-0.2, 0) is 0 Å². The average Bonchev–Trinajstić information content (AvgIpc) is 3.32. The lowest BCUT2D eigenvalue weighted by Crippen LogP contribution is -2.13. The Morgan fingerprint density at radius 1 is 1.10 bits per heavy atom. The van der Waals surface area contributed by atoms with Gasteiger partial charge in [-0.25, -0.2) is 8.78 Å². The average molecular weight is 284 g/mol. The van der Waals surface area contributed by atoms with Crippen molar-refractivity contribution in [3.8, 4) is 6.07 Å². The summed E-state index contributed by atoms with van der Waals surface area (Å²) < 4.78 is 26.4. The molecule has 1 saturated carbocycles. The van der Waals surface area contributed by atoms with E-state index in [1.165, 1.54) is 24.3 Å². The van der Waals surface area contributed by atoms with E-state index in [1.54, 1.807) is 18.2 Å². The maximum Gasteiger partial charge on any atom is 0.141 e. The van der Waals surface area contributed by atoms with Crippen molar-refractivity contribution in [2.45, 2.75) is 18.9 Å². The second-order valence-corrected chi connectivity index (χ2v) is 5.32. The molecule has 1 fully saturated rings. The van der Waals surface area contributed by atoms with Crippen LogP contribution in [0.2, 0.25) is 0 Å². The number of halogens is 2. The number of rotatable bonds is 4. The number of hydrogen-bond donors (Lipinski definition) is 1. The van der Waals surface area contributed by atoms with E-state index in [2.05, 4.69) is 5.32 Å². The predicted molar refractivity (Wildman–Crippen MR) is 76.6 cm³/mol. The maximum absolute atomic E-state index is 13.4. The molecule has 1 aliphatic carbocycles. The lowest BCUT2D eigenvalue weighted by molar-refractivity contribution is 0.620. The molecule has 0 aliphatic heterocycles. The SMILES string of the molecule is N#Cc1cc(NC(c2ccc(F)cc2)C2CC2)ccc1F. The van der Waals surface area contributed by atoms with Gasteiger partial charge in [0.25, 0.3) is 0 Å². The molecular weight excluding hydrogens is 270 g/mol. The second kappa shape index (κ2) is 5.53. The maximum atomic E-state index is 13.4. The monoisotopic (exact) mass is 284 g/mol. The third-order valence-electron chi connectivity index (χ3n) is 3.73. The molecule has 0 radical (unpaired) electrons. The van der Waals surface area contributed by atoms with Crippen LogP contribution in [0, 0.1) is 28.9 Å². The summed E-state index contributed by atoms with van der Waals surface area (Å²) in [5, 5.41) is 12.2. The molecule has 0 heterocycles. The van der Waals surface area contributed by atoms with Crippen LogP contribution in [0.5, 0.6) is 0 Å². The fourth-order valence-corrected chi connectivity index (χ4v) is 2.45. The van der Waals surface area contributed by atoms with Crippen LogP contribution >= 0.6 is 0 Å². The molecule has 0 aromatic heterocycles. The topological polar surface area (TPSA) is 35.8 Å². The fraction of sp³-hybridized carbons (Fsp3) is 0.235. The van der Waals surface area contributed by atoms with Crippen molar-refractivity contribution in [2.75, 3.05) is 5.32 Å². The van der Waals surface area contributed by atoms with E-state index in [1.807, 2.05) is 6.07 Å². The van der Waals surface area contributed by atoms with Crippen molar-refractivity contribution in [2.24, 2.45) is 5.92 Å². The molecule has 2 nitrogen and oxygen atoms in total. The molecule has 2 aromatic carbocycles. The van der Waals surface area contributed by atoms with Gasteiger partial charge in [0.15, 0.2) is 0 Å². The summed E-state index contributed by atoms with van der Waals surface area (Å²) in [6.45, 7) is 0. The first-order chi connectivity index (χ1) is 10.2. The molecule has 1 N–H and O–H groups in total. The molecule has 1 atom stereocenters.